The number of carbonyl (C=O) groups is 1. The number of rotatable bonds is 7. The third-order valence-corrected chi connectivity index (χ3v) is 4.71. The molecule has 30 heavy (non-hydrogen) atoms. The molecule has 0 aliphatic rings. The van der Waals surface area contributed by atoms with Crippen LogP contribution in [0.1, 0.15) is 11.4 Å². The van der Waals surface area contributed by atoms with Crippen LogP contribution in [0.15, 0.2) is 53.7 Å². The predicted molar refractivity (Wildman–Crippen MR) is 102 cm³/mol. The van der Waals surface area contributed by atoms with Gasteiger partial charge >= 0.3 is 6.18 Å². The molecule has 0 aliphatic carbocycles. The molecule has 0 saturated heterocycles. The van der Waals surface area contributed by atoms with E-state index >= 15 is 0 Å². The molecule has 0 radical (unpaired) electrons. The molecule has 3 rings (SSSR count). The van der Waals surface area contributed by atoms with Gasteiger partial charge in [0.25, 0.3) is 0 Å². The number of benzene rings is 2. The van der Waals surface area contributed by atoms with Crippen molar-refractivity contribution in [1.82, 2.24) is 14.9 Å². The highest BCUT2D eigenvalue weighted by molar-refractivity contribution is 7.99. The summed E-state index contributed by atoms with van der Waals surface area (Å²) < 4.78 is 58.9. The number of nitrogens with two attached hydrogens (primary N) is 1. The zero-order chi connectivity index (χ0) is 21.7. The summed E-state index contributed by atoms with van der Waals surface area (Å²) in [5, 5.41) is 9.97. The Kier molecular flexibility index (Phi) is 6.45. The zero-order valence-electron chi connectivity index (χ0n) is 15.2. The Labute approximate surface area is 172 Å². The number of thioether (sulfide) groups is 1. The summed E-state index contributed by atoms with van der Waals surface area (Å²) in [7, 11) is 0. The van der Waals surface area contributed by atoms with Crippen LogP contribution in [0, 0.1) is 5.82 Å². The normalized spacial score (nSPS) is 11.3. The summed E-state index contributed by atoms with van der Waals surface area (Å²) in [6.07, 6.45) is -4.60. The van der Waals surface area contributed by atoms with Crippen LogP contribution >= 0.6 is 11.8 Å². The summed E-state index contributed by atoms with van der Waals surface area (Å²) in [6, 6.07) is 10.4. The molecule has 1 heterocycles. The molecule has 7 nitrogen and oxygen atoms in total. The van der Waals surface area contributed by atoms with Crippen LogP contribution in [0.3, 0.4) is 0 Å². The predicted octanol–water partition coefficient (Wildman–Crippen LogP) is 3.46. The Hall–Kier alpha value is -3.28. The van der Waals surface area contributed by atoms with Crippen molar-refractivity contribution in [2.45, 2.75) is 17.9 Å². The number of aromatic nitrogens is 3. The minimum Gasteiger partial charge on any atom is -0.482 e. The summed E-state index contributed by atoms with van der Waals surface area (Å²) in [6.45, 7) is -0.170. The Morgan fingerprint density at radius 1 is 1.13 bits per heavy atom. The van der Waals surface area contributed by atoms with Gasteiger partial charge in [-0.25, -0.2) is 9.07 Å². The SMILES string of the molecule is Nn1c(COc2ccccc2F)nnc1SCC(=O)Nc1ccccc1C(F)(F)F. The first kappa shape index (κ1) is 21.4. The van der Waals surface area contributed by atoms with Crippen LogP contribution in [0.5, 0.6) is 5.75 Å². The average Bonchev–Trinajstić information content (AvgIpc) is 3.05. The van der Waals surface area contributed by atoms with Crippen LogP contribution in [-0.4, -0.2) is 26.5 Å². The first-order chi connectivity index (χ1) is 14.3. The molecule has 12 heteroatoms. The molecule has 0 saturated carbocycles. The molecule has 0 aliphatic heterocycles. The molecular weight excluding hydrogens is 426 g/mol. The Balaban J connectivity index is 1.58. The number of ether oxygens (including phenoxy) is 1. The van der Waals surface area contributed by atoms with E-state index in [1.165, 1.54) is 30.3 Å². The Bertz CT molecular complexity index is 1040. The molecular formula is C18H15F4N5O2S. The molecule has 1 aromatic heterocycles. The maximum atomic E-state index is 13.6. The highest BCUT2D eigenvalue weighted by atomic mass is 32.2. The number of hydrogen-bond donors (Lipinski definition) is 2. The maximum Gasteiger partial charge on any atom is 0.418 e. The van der Waals surface area contributed by atoms with Crippen molar-refractivity contribution in [2.75, 3.05) is 16.9 Å². The van der Waals surface area contributed by atoms with Crippen molar-refractivity contribution in [3.8, 4) is 5.75 Å². The van der Waals surface area contributed by atoms with Crippen molar-refractivity contribution in [3.05, 3.63) is 65.7 Å². The van der Waals surface area contributed by atoms with Crippen molar-refractivity contribution in [1.29, 1.82) is 0 Å². The van der Waals surface area contributed by atoms with Gasteiger partial charge in [-0.15, -0.1) is 10.2 Å². The first-order valence-corrected chi connectivity index (χ1v) is 9.40. The molecule has 0 fully saturated rings. The highest BCUT2D eigenvalue weighted by Crippen LogP contribution is 2.34. The number of carbonyl (C=O) groups excluding carboxylic acids is 1. The fourth-order valence-corrected chi connectivity index (χ4v) is 3.04. The number of hydrogen-bond acceptors (Lipinski definition) is 6. The lowest BCUT2D eigenvalue weighted by Crippen LogP contribution is -2.19. The topological polar surface area (TPSA) is 95.1 Å². The molecule has 3 aromatic rings. The molecule has 3 N–H and O–H groups in total. The summed E-state index contributed by atoms with van der Waals surface area (Å²) in [5.74, 6) is 4.54. The third-order valence-electron chi connectivity index (χ3n) is 3.77. The van der Waals surface area contributed by atoms with Gasteiger partial charge in [-0.2, -0.15) is 13.2 Å². The van der Waals surface area contributed by atoms with E-state index in [-0.39, 0.29) is 34.8 Å². The van der Waals surface area contributed by atoms with Crippen molar-refractivity contribution >= 4 is 23.4 Å². The minimum absolute atomic E-state index is 0.0115. The van der Waals surface area contributed by atoms with E-state index in [1.807, 2.05) is 0 Å². The first-order valence-electron chi connectivity index (χ1n) is 8.41. The maximum absolute atomic E-state index is 13.6. The van der Waals surface area contributed by atoms with Gasteiger partial charge in [0, 0.05) is 0 Å². The smallest absolute Gasteiger partial charge is 0.418 e. The summed E-state index contributed by atoms with van der Waals surface area (Å²) in [4.78, 5) is 12.1. The summed E-state index contributed by atoms with van der Waals surface area (Å²) >= 11 is 0.875. The molecule has 0 atom stereocenters. The van der Waals surface area contributed by atoms with Crippen LogP contribution in [0.2, 0.25) is 0 Å². The van der Waals surface area contributed by atoms with Crippen LogP contribution in [0.25, 0.3) is 0 Å². The second-order valence-corrected chi connectivity index (χ2v) is 6.81. The number of nitrogens with one attached hydrogen (secondary N) is 1. The lowest BCUT2D eigenvalue weighted by Gasteiger charge is -2.13. The van der Waals surface area contributed by atoms with Crippen LogP contribution in [-0.2, 0) is 17.6 Å². The van der Waals surface area contributed by atoms with Crippen molar-refractivity contribution in [3.63, 3.8) is 0 Å². The fourth-order valence-electron chi connectivity index (χ4n) is 2.36. The second kappa shape index (κ2) is 9.03. The van der Waals surface area contributed by atoms with Gasteiger partial charge in [-0.05, 0) is 24.3 Å². The lowest BCUT2D eigenvalue weighted by atomic mass is 10.1. The van der Waals surface area contributed by atoms with Gasteiger partial charge in [0.05, 0.1) is 17.0 Å². The minimum atomic E-state index is -4.60. The lowest BCUT2D eigenvalue weighted by molar-refractivity contribution is -0.137. The molecule has 1 amide bonds. The summed E-state index contributed by atoms with van der Waals surface area (Å²) in [5.41, 5.74) is -1.29. The number of nitrogens with zero attached hydrogens (tertiary/aromatic N) is 3. The quantitative estimate of drug-likeness (QED) is 0.331. The highest BCUT2D eigenvalue weighted by Gasteiger charge is 2.33. The van der Waals surface area contributed by atoms with E-state index < -0.39 is 23.5 Å². The van der Waals surface area contributed by atoms with Gasteiger partial charge in [-0.1, -0.05) is 36.0 Å². The van der Waals surface area contributed by atoms with Crippen molar-refractivity contribution in [2.24, 2.45) is 0 Å². The number of nitrogen functional groups attached to an aromatic ring is 1. The molecule has 0 spiro atoms. The van der Waals surface area contributed by atoms with E-state index in [0.717, 1.165) is 28.6 Å². The van der Waals surface area contributed by atoms with Crippen LogP contribution in [0.4, 0.5) is 23.2 Å². The van der Waals surface area contributed by atoms with E-state index in [2.05, 4.69) is 15.5 Å². The number of alkyl halides is 3. The van der Waals surface area contributed by atoms with Gasteiger partial charge in [0.2, 0.25) is 11.1 Å². The Morgan fingerprint density at radius 3 is 2.57 bits per heavy atom. The monoisotopic (exact) mass is 441 g/mol. The number of halogens is 4. The van der Waals surface area contributed by atoms with Crippen LogP contribution < -0.4 is 15.9 Å². The largest absolute Gasteiger partial charge is 0.482 e. The van der Waals surface area contributed by atoms with E-state index in [4.69, 9.17) is 10.6 Å². The average molecular weight is 441 g/mol. The molecule has 2 aromatic carbocycles. The number of anilines is 1. The third kappa shape index (κ3) is 5.20. The van der Waals surface area contributed by atoms with E-state index in [9.17, 15) is 22.4 Å². The van der Waals surface area contributed by atoms with Gasteiger partial charge in [-0.3, -0.25) is 4.79 Å². The number of para-hydroxylation sites is 2. The zero-order valence-corrected chi connectivity index (χ0v) is 16.0. The second-order valence-electron chi connectivity index (χ2n) is 5.87. The molecule has 0 bridgehead atoms. The van der Waals surface area contributed by atoms with Crippen molar-refractivity contribution < 1.29 is 27.1 Å². The number of amides is 1. The van der Waals surface area contributed by atoms with E-state index in [1.54, 1.807) is 6.07 Å². The van der Waals surface area contributed by atoms with Gasteiger partial charge < -0.3 is 15.9 Å². The molecule has 158 valence electrons. The Morgan fingerprint density at radius 2 is 1.83 bits per heavy atom. The van der Waals surface area contributed by atoms with Gasteiger partial charge in [0.15, 0.2) is 17.4 Å². The van der Waals surface area contributed by atoms with E-state index in [0.29, 0.717) is 0 Å². The standard InChI is InChI=1S/C18H15F4N5O2S/c19-12-6-2-4-8-14(12)29-9-15-25-26-17(27(15)23)30-10-16(28)24-13-7-3-1-5-11(13)18(20,21)22/h1-8H,9-10,23H2,(H,24,28). The van der Waals surface area contributed by atoms with Gasteiger partial charge in [0.1, 0.15) is 6.61 Å². The molecule has 0 unspecified atom stereocenters. The fraction of sp³-hybridized carbons (Fsp3) is 0.167.